The van der Waals surface area contributed by atoms with Crippen LogP contribution in [0.3, 0.4) is 0 Å². The Morgan fingerprint density at radius 2 is 1.93 bits per heavy atom. The van der Waals surface area contributed by atoms with Crippen molar-refractivity contribution in [1.82, 2.24) is 15.5 Å². The van der Waals surface area contributed by atoms with E-state index >= 15 is 0 Å². The summed E-state index contributed by atoms with van der Waals surface area (Å²) in [6.07, 6.45) is 3.07. The molecule has 1 aliphatic carbocycles. The van der Waals surface area contributed by atoms with Gasteiger partial charge in [0.25, 0.3) is 5.91 Å². The van der Waals surface area contributed by atoms with E-state index in [4.69, 9.17) is 0 Å². The lowest BCUT2D eigenvalue weighted by molar-refractivity contribution is -0.135. The van der Waals surface area contributed by atoms with Gasteiger partial charge in [0.2, 0.25) is 5.91 Å². The quantitative estimate of drug-likeness (QED) is 0.771. The third-order valence-corrected chi connectivity index (χ3v) is 5.39. The number of hydrogen-bond acceptors (Lipinski definition) is 4. The van der Waals surface area contributed by atoms with Crippen LogP contribution in [-0.4, -0.2) is 34.8 Å². The van der Waals surface area contributed by atoms with Crippen LogP contribution < -0.4 is 10.6 Å². The van der Waals surface area contributed by atoms with Crippen LogP contribution >= 0.6 is 0 Å². The molecule has 3 rings (SSSR count). The van der Waals surface area contributed by atoms with Gasteiger partial charge in [-0.05, 0) is 49.8 Å². The first-order chi connectivity index (χ1) is 12.9. The monoisotopic (exact) mass is 372 g/mol. The van der Waals surface area contributed by atoms with Gasteiger partial charge in [-0.2, -0.15) is 5.26 Å². The first kappa shape index (κ1) is 18.8. The molecule has 1 aliphatic heterocycles. The fourth-order valence-electron chi connectivity index (χ4n) is 3.84. The Balaban J connectivity index is 1.78. The number of imide groups is 1. The smallest absolute Gasteiger partial charge is 0.325 e. The number of benzene rings is 1. The molecule has 0 unspecified atom stereocenters. The highest BCUT2D eigenvalue weighted by molar-refractivity contribution is 6.09. The number of carbonyl (C=O) groups is 3. The third kappa shape index (κ3) is 3.25. The lowest BCUT2D eigenvalue weighted by Gasteiger charge is -2.26. The van der Waals surface area contributed by atoms with E-state index in [0.29, 0.717) is 18.4 Å². The summed E-state index contributed by atoms with van der Waals surface area (Å²) in [7, 11) is 0. The molecule has 8 heteroatoms. The number of nitrogens with one attached hydrogen (secondary N) is 2. The van der Waals surface area contributed by atoms with Crippen molar-refractivity contribution in [2.45, 2.75) is 50.1 Å². The van der Waals surface area contributed by atoms with Crippen LogP contribution in [0.15, 0.2) is 24.3 Å². The Labute approximate surface area is 156 Å². The summed E-state index contributed by atoms with van der Waals surface area (Å²) in [5.74, 6) is -1.56. The standard InChI is InChI=1S/C19H21FN4O3/c1-2-19(13-5-7-14(20)8-6-13)16(26)24(17(27)23-19)11-15(25)22-18(12-21)9-3-4-10-18/h5-8H,2-4,9-11H2,1H3,(H,22,25)(H,23,27)/t19-/m1/s1. The maximum atomic E-state index is 13.2. The Kier molecular flexibility index (Phi) is 4.87. The largest absolute Gasteiger partial charge is 0.336 e. The Hall–Kier alpha value is -2.95. The molecule has 1 saturated heterocycles. The van der Waals surface area contributed by atoms with Crippen LogP contribution in [0, 0.1) is 17.1 Å². The van der Waals surface area contributed by atoms with Gasteiger partial charge >= 0.3 is 6.03 Å². The van der Waals surface area contributed by atoms with E-state index in [2.05, 4.69) is 16.7 Å². The predicted molar refractivity (Wildman–Crippen MR) is 93.6 cm³/mol. The molecular weight excluding hydrogens is 351 g/mol. The second-order valence-corrected chi connectivity index (χ2v) is 7.04. The molecule has 0 bridgehead atoms. The van der Waals surface area contributed by atoms with Gasteiger partial charge in [-0.15, -0.1) is 0 Å². The Morgan fingerprint density at radius 3 is 2.48 bits per heavy atom. The third-order valence-electron chi connectivity index (χ3n) is 5.39. The lowest BCUT2D eigenvalue weighted by Crippen LogP contribution is -2.50. The summed E-state index contributed by atoms with van der Waals surface area (Å²) < 4.78 is 13.2. The number of carbonyl (C=O) groups excluding carboxylic acids is 3. The zero-order valence-electron chi connectivity index (χ0n) is 15.0. The lowest BCUT2D eigenvalue weighted by atomic mass is 9.87. The average Bonchev–Trinajstić information content (AvgIpc) is 3.21. The predicted octanol–water partition coefficient (Wildman–Crippen LogP) is 1.94. The number of urea groups is 1. The zero-order chi connectivity index (χ0) is 19.7. The molecule has 27 heavy (non-hydrogen) atoms. The van der Waals surface area contributed by atoms with Crippen molar-refractivity contribution in [1.29, 1.82) is 5.26 Å². The second-order valence-electron chi connectivity index (χ2n) is 7.04. The van der Waals surface area contributed by atoms with Crippen LogP contribution in [0.25, 0.3) is 0 Å². The summed E-state index contributed by atoms with van der Waals surface area (Å²) in [5.41, 5.74) is -1.79. The van der Waals surface area contributed by atoms with Gasteiger partial charge in [0, 0.05) is 0 Å². The topological polar surface area (TPSA) is 102 Å². The van der Waals surface area contributed by atoms with Gasteiger partial charge in [-0.25, -0.2) is 9.18 Å². The highest BCUT2D eigenvalue weighted by Crippen LogP contribution is 2.33. The van der Waals surface area contributed by atoms with E-state index in [-0.39, 0.29) is 6.42 Å². The number of rotatable bonds is 5. The number of nitrogens with zero attached hydrogens (tertiary/aromatic N) is 2. The molecule has 142 valence electrons. The molecule has 1 atom stereocenters. The molecule has 1 heterocycles. The van der Waals surface area contributed by atoms with Crippen LogP contribution in [0.4, 0.5) is 9.18 Å². The average molecular weight is 372 g/mol. The molecule has 4 amide bonds. The van der Waals surface area contributed by atoms with E-state index in [1.807, 2.05) is 0 Å². The molecule has 1 aromatic carbocycles. The fourth-order valence-corrected chi connectivity index (χ4v) is 3.84. The van der Waals surface area contributed by atoms with E-state index in [1.165, 1.54) is 24.3 Å². The van der Waals surface area contributed by atoms with Crippen LogP contribution in [0.5, 0.6) is 0 Å². The minimum atomic E-state index is -1.33. The zero-order valence-corrected chi connectivity index (χ0v) is 15.0. The van der Waals surface area contributed by atoms with Crippen LogP contribution in [-0.2, 0) is 15.1 Å². The minimum absolute atomic E-state index is 0.253. The minimum Gasteiger partial charge on any atom is -0.336 e. The van der Waals surface area contributed by atoms with Crippen molar-refractivity contribution in [3.05, 3.63) is 35.6 Å². The normalized spacial score (nSPS) is 23.8. The Morgan fingerprint density at radius 1 is 1.30 bits per heavy atom. The van der Waals surface area contributed by atoms with Crippen molar-refractivity contribution in [2.75, 3.05) is 6.54 Å². The fraction of sp³-hybridized carbons (Fsp3) is 0.474. The maximum Gasteiger partial charge on any atom is 0.325 e. The highest BCUT2D eigenvalue weighted by atomic mass is 19.1. The van der Waals surface area contributed by atoms with Crippen molar-refractivity contribution < 1.29 is 18.8 Å². The molecule has 1 saturated carbocycles. The van der Waals surface area contributed by atoms with E-state index in [0.717, 1.165) is 17.7 Å². The van der Waals surface area contributed by atoms with Gasteiger partial charge in [0.05, 0.1) is 6.07 Å². The molecule has 0 spiro atoms. The van der Waals surface area contributed by atoms with Gasteiger partial charge in [-0.3, -0.25) is 14.5 Å². The van der Waals surface area contributed by atoms with Crippen LogP contribution in [0.1, 0.15) is 44.6 Å². The molecule has 1 aromatic rings. The number of nitriles is 1. The number of amides is 4. The van der Waals surface area contributed by atoms with E-state index < -0.39 is 41.3 Å². The van der Waals surface area contributed by atoms with Crippen LogP contribution in [0.2, 0.25) is 0 Å². The summed E-state index contributed by atoms with van der Waals surface area (Å²) in [6, 6.07) is 6.80. The van der Waals surface area contributed by atoms with Crippen molar-refractivity contribution in [3.8, 4) is 6.07 Å². The molecule has 2 N–H and O–H groups in total. The van der Waals surface area contributed by atoms with E-state index in [1.54, 1.807) is 6.92 Å². The molecule has 7 nitrogen and oxygen atoms in total. The second kappa shape index (κ2) is 6.99. The van der Waals surface area contributed by atoms with Gasteiger partial charge in [0.15, 0.2) is 0 Å². The van der Waals surface area contributed by atoms with Crippen molar-refractivity contribution in [3.63, 3.8) is 0 Å². The summed E-state index contributed by atoms with van der Waals surface area (Å²) >= 11 is 0. The Bertz CT molecular complexity index is 811. The first-order valence-electron chi connectivity index (χ1n) is 8.98. The summed E-state index contributed by atoms with van der Waals surface area (Å²) in [5, 5.41) is 14.7. The summed E-state index contributed by atoms with van der Waals surface area (Å²) in [4.78, 5) is 38.6. The SMILES string of the molecule is CC[C@]1(c2ccc(F)cc2)NC(=O)N(CC(=O)NC2(C#N)CCCC2)C1=O. The highest BCUT2D eigenvalue weighted by Gasteiger charge is 2.52. The van der Waals surface area contributed by atoms with Gasteiger partial charge < -0.3 is 10.6 Å². The van der Waals surface area contributed by atoms with Gasteiger partial charge in [0.1, 0.15) is 23.4 Å². The number of halogens is 1. The summed E-state index contributed by atoms with van der Waals surface area (Å²) in [6.45, 7) is 1.27. The first-order valence-corrected chi connectivity index (χ1v) is 8.98. The molecule has 2 aliphatic rings. The van der Waals surface area contributed by atoms with Crippen molar-refractivity contribution >= 4 is 17.8 Å². The molecule has 2 fully saturated rings. The van der Waals surface area contributed by atoms with E-state index in [9.17, 15) is 24.0 Å². The van der Waals surface area contributed by atoms with Gasteiger partial charge in [-0.1, -0.05) is 19.1 Å². The maximum absolute atomic E-state index is 13.2. The molecule has 0 radical (unpaired) electrons. The number of hydrogen-bond donors (Lipinski definition) is 2. The molecular formula is C19H21FN4O3. The van der Waals surface area contributed by atoms with Crippen molar-refractivity contribution in [2.24, 2.45) is 0 Å². The molecule has 0 aromatic heterocycles.